The second-order valence-corrected chi connectivity index (χ2v) is 13.1. The van der Waals surface area contributed by atoms with Crippen LogP contribution in [-0.2, 0) is 24.9 Å². The van der Waals surface area contributed by atoms with Crippen LogP contribution in [0.5, 0.6) is 17.2 Å². The van der Waals surface area contributed by atoms with E-state index in [4.69, 9.17) is 9.47 Å². The van der Waals surface area contributed by atoms with Crippen molar-refractivity contribution in [1.29, 1.82) is 0 Å². The van der Waals surface area contributed by atoms with Crippen LogP contribution in [0.3, 0.4) is 0 Å². The molecule has 248 valence electrons. The lowest BCUT2D eigenvalue weighted by Gasteiger charge is -2.18. The molecule has 0 aromatic heterocycles. The van der Waals surface area contributed by atoms with Crippen LogP contribution < -0.4 is 14.8 Å². The molecule has 4 aromatic rings. The summed E-state index contributed by atoms with van der Waals surface area (Å²) in [7, 11) is -5.83. The molecule has 3 N–H and O–H groups in total. The minimum absolute atomic E-state index is 0.0326. The molecule has 17 heteroatoms. The fourth-order valence-electron chi connectivity index (χ4n) is 4.62. The number of nitrogens with one attached hydrogen (secondary N) is 1. The minimum Gasteiger partial charge on any atom is -0.505 e. The zero-order valence-corrected chi connectivity index (χ0v) is 27.6. The highest BCUT2D eigenvalue weighted by molar-refractivity contribution is 7.89. The maximum absolute atomic E-state index is 12.8. The van der Waals surface area contributed by atoms with E-state index in [1.54, 1.807) is 13.8 Å². The number of hydrogen-bond donors (Lipinski definition) is 3. The van der Waals surface area contributed by atoms with Gasteiger partial charge in [0.15, 0.2) is 5.75 Å². The lowest BCUT2D eigenvalue weighted by Crippen LogP contribution is -2.30. The Morgan fingerprint density at radius 3 is 1.94 bits per heavy atom. The first kappa shape index (κ1) is 34.9. The molecule has 0 unspecified atom stereocenters. The number of fused-ring (bicyclic) bond motifs is 1. The Labute approximate surface area is 271 Å². The van der Waals surface area contributed by atoms with E-state index >= 15 is 0 Å². The van der Waals surface area contributed by atoms with E-state index in [9.17, 15) is 31.3 Å². The van der Waals surface area contributed by atoms with Gasteiger partial charge >= 0.3 is 0 Å². The number of phenolic OH excluding ortho intramolecular Hbond substituents is 1. The molecule has 0 aliphatic rings. The van der Waals surface area contributed by atoms with Crippen molar-refractivity contribution >= 4 is 65.3 Å². The van der Waals surface area contributed by atoms with Gasteiger partial charge < -0.3 is 19.9 Å². The summed E-state index contributed by atoms with van der Waals surface area (Å²) in [6.07, 6.45) is 0. The van der Waals surface area contributed by atoms with Crippen molar-refractivity contribution in [2.75, 3.05) is 32.6 Å². The van der Waals surface area contributed by atoms with Gasteiger partial charge in [-0.15, -0.1) is 15.3 Å². The van der Waals surface area contributed by atoms with Crippen LogP contribution in [0.25, 0.3) is 10.8 Å². The van der Waals surface area contributed by atoms with Gasteiger partial charge in [-0.05, 0) is 41.8 Å². The lowest BCUT2D eigenvalue weighted by atomic mass is 10.1. The predicted octanol–water partition coefficient (Wildman–Crippen LogP) is 6.63. The van der Waals surface area contributed by atoms with E-state index in [0.717, 1.165) is 6.07 Å². The highest BCUT2D eigenvalue weighted by Crippen LogP contribution is 2.46. The predicted molar refractivity (Wildman–Crippen MR) is 174 cm³/mol. The number of rotatable bonds is 12. The summed E-state index contributed by atoms with van der Waals surface area (Å²) in [5.74, 6) is -0.824. The summed E-state index contributed by atoms with van der Waals surface area (Å²) in [5, 5.41) is 30.4. The van der Waals surface area contributed by atoms with E-state index in [0.29, 0.717) is 18.8 Å². The molecule has 1 amide bonds. The number of ether oxygens (including phenoxy) is 2. The average molecular weight is 685 g/mol. The molecular formula is C30H32N6O9S2. The van der Waals surface area contributed by atoms with Crippen LogP contribution in [0.2, 0.25) is 0 Å². The summed E-state index contributed by atoms with van der Waals surface area (Å²) >= 11 is 0. The summed E-state index contributed by atoms with van der Waals surface area (Å²) in [4.78, 5) is 11.1. The average Bonchev–Trinajstić information content (AvgIpc) is 3.03. The number of methoxy groups -OCH3 is 2. The molecule has 0 fully saturated rings. The fraction of sp³-hybridized carbons (Fsp3) is 0.233. The molecule has 0 atom stereocenters. The van der Waals surface area contributed by atoms with Crippen molar-refractivity contribution in [3.05, 3.63) is 60.7 Å². The van der Waals surface area contributed by atoms with Gasteiger partial charge in [0.2, 0.25) is 15.9 Å². The number of benzene rings is 4. The number of aromatic hydroxyl groups is 1. The number of sulfonamides is 1. The van der Waals surface area contributed by atoms with Crippen LogP contribution in [-0.4, -0.2) is 64.0 Å². The highest BCUT2D eigenvalue weighted by atomic mass is 32.2. The van der Waals surface area contributed by atoms with E-state index in [1.165, 1.54) is 80.0 Å². The molecule has 4 rings (SSSR count). The number of carbonyl (C=O) groups excluding carboxylic acids is 1. The van der Waals surface area contributed by atoms with Gasteiger partial charge in [-0.25, -0.2) is 8.42 Å². The summed E-state index contributed by atoms with van der Waals surface area (Å²) in [6, 6.07) is 14.3. The van der Waals surface area contributed by atoms with E-state index < -0.39 is 42.4 Å². The third kappa shape index (κ3) is 7.54. The molecule has 0 spiro atoms. The molecule has 15 nitrogen and oxygen atoms in total. The van der Waals surface area contributed by atoms with E-state index in [2.05, 4.69) is 25.8 Å². The lowest BCUT2D eigenvalue weighted by molar-refractivity contribution is -0.114. The summed E-state index contributed by atoms with van der Waals surface area (Å²) in [6.45, 7) is 5.45. The molecule has 0 saturated heterocycles. The van der Waals surface area contributed by atoms with Crippen LogP contribution in [0.15, 0.2) is 90.9 Å². The molecule has 0 bridgehead atoms. The second-order valence-electron chi connectivity index (χ2n) is 9.81. The normalized spacial score (nSPS) is 12.3. The van der Waals surface area contributed by atoms with Crippen molar-refractivity contribution < 1.29 is 40.8 Å². The van der Waals surface area contributed by atoms with Crippen molar-refractivity contribution in [1.82, 2.24) is 4.31 Å². The van der Waals surface area contributed by atoms with E-state index in [1.807, 2.05) is 0 Å². The Hall–Kier alpha value is -4.97. The number of nitrogens with zero attached hydrogens (tertiary/aromatic N) is 5. The maximum atomic E-state index is 12.8. The van der Waals surface area contributed by atoms with Crippen LogP contribution in [0.1, 0.15) is 20.8 Å². The Bertz CT molecular complexity index is 2100. The molecule has 4 aromatic carbocycles. The van der Waals surface area contributed by atoms with Gasteiger partial charge in [0, 0.05) is 37.5 Å². The molecule has 0 heterocycles. The molecule has 0 radical (unpaired) electrons. The van der Waals surface area contributed by atoms with Gasteiger partial charge in [-0.2, -0.15) is 17.8 Å². The first-order valence-electron chi connectivity index (χ1n) is 14.0. The number of hydrogen-bond acceptors (Lipinski definition) is 12. The number of azo groups is 2. The van der Waals surface area contributed by atoms with Crippen molar-refractivity contribution in [3.63, 3.8) is 0 Å². The van der Waals surface area contributed by atoms with Crippen molar-refractivity contribution in [3.8, 4) is 17.2 Å². The number of amides is 1. The fourth-order valence-corrected chi connectivity index (χ4v) is 6.74. The highest BCUT2D eigenvalue weighted by Gasteiger charge is 2.24. The monoisotopic (exact) mass is 684 g/mol. The van der Waals surface area contributed by atoms with E-state index in [-0.39, 0.29) is 44.2 Å². The quantitative estimate of drug-likeness (QED) is 0.108. The zero-order chi connectivity index (χ0) is 34.5. The number of anilines is 1. The van der Waals surface area contributed by atoms with Crippen LogP contribution in [0, 0.1) is 0 Å². The van der Waals surface area contributed by atoms with Gasteiger partial charge in [-0.1, -0.05) is 26.0 Å². The zero-order valence-electron chi connectivity index (χ0n) is 26.0. The Morgan fingerprint density at radius 2 is 1.43 bits per heavy atom. The SMILES string of the molecule is CCN(CC)S(=O)(=O)c1ccc(/N=N/c2cc(OC)c(/N=N/c3c(S(=O)(=O)O)cc4cccc(NC(C)=O)c4c3O)cc2OC)cc1. The standard InChI is InChI=1S/C30H32N6O9S2/c1-6-36(7-2)46(39,40)21-13-11-20(12-14-21)32-33-23-16-26(45-5)24(17-25(23)44-4)34-35-29-27(47(41,42)43)15-19-9-8-10-22(31-18(3)37)28(19)30(29)38/h8-17,38H,6-7H2,1-5H3,(H,31,37)(H,41,42,43)/b33-32+,35-34+. The molecule has 47 heavy (non-hydrogen) atoms. The second kappa shape index (κ2) is 14.2. The number of phenols is 1. The van der Waals surface area contributed by atoms with Crippen molar-refractivity contribution in [2.24, 2.45) is 20.5 Å². The molecule has 0 aliphatic heterocycles. The molecular weight excluding hydrogens is 652 g/mol. The topological polar surface area (TPSA) is 209 Å². The van der Waals surface area contributed by atoms with Gasteiger partial charge in [-0.3, -0.25) is 9.35 Å². The van der Waals surface area contributed by atoms with Crippen molar-refractivity contribution in [2.45, 2.75) is 30.6 Å². The smallest absolute Gasteiger partial charge is 0.296 e. The number of carbonyl (C=O) groups is 1. The summed E-state index contributed by atoms with van der Waals surface area (Å²) in [5.41, 5.74) is 0.186. The maximum Gasteiger partial charge on any atom is 0.296 e. The van der Waals surface area contributed by atoms with Gasteiger partial charge in [0.1, 0.15) is 33.5 Å². The Morgan fingerprint density at radius 1 is 0.851 bits per heavy atom. The molecule has 0 aliphatic carbocycles. The third-order valence-corrected chi connectivity index (χ3v) is 9.79. The van der Waals surface area contributed by atoms with Gasteiger partial charge in [0.25, 0.3) is 10.1 Å². The van der Waals surface area contributed by atoms with Gasteiger partial charge in [0.05, 0.1) is 30.5 Å². The van der Waals surface area contributed by atoms with Crippen LogP contribution in [0.4, 0.5) is 28.4 Å². The first-order chi connectivity index (χ1) is 22.2. The Kier molecular flexibility index (Phi) is 10.5. The molecule has 0 saturated carbocycles. The largest absolute Gasteiger partial charge is 0.505 e. The first-order valence-corrected chi connectivity index (χ1v) is 16.9. The van der Waals surface area contributed by atoms with Crippen LogP contribution >= 0.6 is 0 Å². The Balaban J connectivity index is 1.74. The minimum atomic E-state index is -4.90. The third-order valence-electron chi connectivity index (χ3n) is 6.86. The summed E-state index contributed by atoms with van der Waals surface area (Å²) < 4.78 is 72.2.